The molecule has 0 radical (unpaired) electrons. The summed E-state index contributed by atoms with van der Waals surface area (Å²) in [6.07, 6.45) is 0.918. The Morgan fingerprint density at radius 3 is 2.31 bits per heavy atom. The van der Waals surface area contributed by atoms with Gasteiger partial charge in [-0.2, -0.15) is 0 Å². The number of carboxylic acids is 1. The van der Waals surface area contributed by atoms with Crippen LogP contribution in [0.25, 0.3) is 11.1 Å². The Kier molecular flexibility index (Phi) is 4.86. The number of carboxylic acid groups (broad SMARTS) is 1. The van der Waals surface area contributed by atoms with Crippen molar-refractivity contribution >= 4 is 17.8 Å². The molecule has 2 saturated heterocycles. The van der Waals surface area contributed by atoms with Gasteiger partial charge in [0.15, 0.2) is 0 Å². The van der Waals surface area contributed by atoms with Crippen LogP contribution in [0.5, 0.6) is 0 Å². The molecule has 2 aromatic carbocycles. The number of amides is 2. The van der Waals surface area contributed by atoms with Crippen LogP contribution < -0.4 is 5.32 Å². The Balaban J connectivity index is 1.57. The second-order valence-corrected chi connectivity index (χ2v) is 7.95. The molecule has 150 valence electrons. The van der Waals surface area contributed by atoms with Crippen molar-refractivity contribution < 1.29 is 19.5 Å². The van der Waals surface area contributed by atoms with Crippen LogP contribution in [0.3, 0.4) is 0 Å². The van der Waals surface area contributed by atoms with Gasteiger partial charge in [0.2, 0.25) is 5.91 Å². The second-order valence-electron chi connectivity index (χ2n) is 7.95. The Bertz CT molecular complexity index is 976. The predicted molar refractivity (Wildman–Crippen MR) is 108 cm³/mol. The van der Waals surface area contributed by atoms with Crippen LogP contribution in [0.4, 0.5) is 0 Å². The molecule has 2 aromatic rings. The summed E-state index contributed by atoms with van der Waals surface area (Å²) in [6, 6.07) is 15.6. The number of hydrogen-bond donors (Lipinski definition) is 2. The number of piperidine rings is 1. The zero-order chi connectivity index (χ0) is 20.6. The minimum absolute atomic E-state index is 0.0133. The third-order valence-electron chi connectivity index (χ3n) is 6.28. The molecule has 6 heteroatoms. The lowest BCUT2D eigenvalue weighted by Gasteiger charge is -2.41. The van der Waals surface area contributed by atoms with E-state index in [4.69, 9.17) is 0 Å². The lowest BCUT2D eigenvalue weighted by Crippen LogP contribution is -2.56. The largest absolute Gasteiger partial charge is 0.481 e. The second kappa shape index (κ2) is 7.35. The Labute approximate surface area is 169 Å². The minimum atomic E-state index is -0.951. The maximum absolute atomic E-state index is 13.3. The first-order valence-corrected chi connectivity index (χ1v) is 9.89. The summed E-state index contributed by atoms with van der Waals surface area (Å²) in [6.45, 7) is 2.87. The predicted octanol–water partition coefficient (Wildman–Crippen LogP) is 2.86. The lowest BCUT2D eigenvalue weighted by atomic mass is 9.77. The van der Waals surface area contributed by atoms with Gasteiger partial charge in [0, 0.05) is 25.1 Å². The molecule has 2 amide bonds. The summed E-state index contributed by atoms with van der Waals surface area (Å²) < 4.78 is 0. The van der Waals surface area contributed by atoms with Crippen LogP contribution in [0, 0.1) is 12.8 Å². The van der Waals surface area contributed by atoms with E-state index in [1.807, 2.05) is 55.5 Å². The Morgan fingerprint density at radius 1 is 1.03 bits per heavy atom. The van der Waals surface area contributed by atoms with E-state index >= 15 is 0 Å². The summed E-state index contributed by atoms with van der Waals surface area (Å²) in [5.74, 6) is -1.96. The van der Waals surface area contributed by atoms with Gasteiger partial charge in [-0.1, -0.05) is 42.5 Å². The van der Waals surface area contributed by atoms with Crippen LogP contribution in [0.15, 0.2) is 48.5 Å². The van der Waals surface area contributed by atoms with Crippen LogP contribution in [-0.4, -0.2) is 46.4 Å². The normalized spacial score (nSPS) is 20.5. The molecule has 1 spiro atoms. The van der Waals surface area contributed by atoms with E-state index in [9.17, 15) is 19.5 Å². The highest BCUT2D eigenvalue weighted by molar-refractivity contribution is 6.01. The third-order valence-corrected chi connectivity index (χ3v) is 6.28. The first-order valence-electron chi connectivity index (χ1n) is 9.89. The molecule has 2 heterocycles. The molecule has 4 rings (SSSR count). The average molecular weight is 392 g/mol. The van der Waals surface area contributed by atoms with Gasteiger partial charge in [-0.05, 0) is 42.5 Å². The van der Waals surface area contributed by atoms with Crippen molar-refractivity contribution in [2.45, 2.75) is 31.7 Å². The SMILES string of the molecule is Cc1ccccc1-c1ccccc1C(=O)N1CCC2(CC1)NC(=O)CC2C(=O)O. The van der Waals surface area contributed by atoms with Gasteiger partial charge >= 0.3 is 5.97 Å². The first-order chi connectivity index (χ1) is 13.9. The number of nitrogens with zero attached hydrogens (tertiary/aromatic N) is 1. The number of nitrogens with one attached hydrogen (secondary N) is 1. The zero-order valence-corrected chi connectivity index (χ0v) is 16.4. The van der Waals surface area contributed by atoms with E-state index in [2.05, 4.69) is 5.32 Å². The van der Waals surface area contributed by atoms with Crippen molar-refractivity contribution in [2.24, 2.45) is 5.92 Å². The highest BCUT2D eigenvalue weighted by atomic mass is 16.4. The summed E-state index contributed by atoms with van der Waals surface area (Å²) >= 11 is 0. The van der Waals surface area contributed by atoms with Crippen molar-refractivity contribution in [2.75, 3.05) is 13.1 Å². The number of hydrogen-bond acceptors (Lipinski definition) is 3. The van der Waals surface area contributed by atoms with Gasteiger partial charge in [0.25, 0.3) is 5.91 Å². The van der Waals surface area contributed by atoms with E-state index in [0.29, 0.717) is 31.5 Å². The Morgan fingerprint density at radius 2 is 1.66 bits per heavy atom. The summed E-state index contributed by atoms with van der Waals surface area (Å²) in [7, 11) is 0. The number of aryl methyl sites for hydroxylation is 1. The van der Waals surface area contributed by atoms with Crippen LogP contribution in [0.1, 0.15) is 35.2 Å². The molecule has 1 atom stereocenters. The van der Waals surface area contributed by atoms with E-state index in [1.165, 1.54) is 0 Å². The van der Waals surface area contributed by atoms with E-state index in [-0.39, 0.29) is 18.2 Å². The lowest BCUT2D eigenvalue weighted by molar-refractivity contribution is -0.144. The molecule has 0 aromatic heterocycles. The molecule has 2 N–H and O–H groups in total. The molecule has 0 bridgehead atoms. The van der Waals surface area contributed by atoms with Crippen LogP contribution in [-0.2, 0) is 9.59 Å². The molecule has 0 saturated carbocycles. The van der Waals surface area contributed by atoms with Crippen LogP contribution in [0.2, 0.25) is 0 Å². The van der Waals surface area contributed by atoms with E-state index < -0.39 is 17.4 Å². The molecule has 2 fully saturated rings. The number of aliphatic carboxylic acids is 1. The highest BCUT2D eigenvalue weighted by Gasteiger charge is 2.52. The third kappa shape index (κ3) is 3.39. The molecule has 29 heavy (non-hydrogen) atoms. The number of likely N-dealkylation sites (tertiary alicyclic amines) is 1. The smallest absolute Gasteiger partial charge is 0.309 e. The molecule has 6 nitrogen and oxygen atoms in total. The molecular weight excluding hydrogens is 368 g/mol. The molecule has 2 aliphatic rings. The van der Waals surface area contributed by atoms with Gasteiger partial charge in [-0.3, -0.25) is 14.4 Å². The molecule has 1 unspecified atom stereocenters. The quantitative estimate of drug-likeness (QED) is 0.841. The first kappa shape index (κ1) is 19.2. The standard InChI is InChI=1S/C23H24N2O4/c1-15-6-2-3-7-16(15)17-8-4-5-9-18(17)21(27)25-12-10-23(11-13-25)19(22(28)29)14-20(26)24-23/h2-9,19H,10-14H2,1H3,(H,24,26)(H,28,29). The Hall–Kier alpha value is -3.15. The minimum Gasteiger partial charge on any atom is -0.481 e. The van der Waals surface area contributed by atoms with Gasteiger partial charge in [0.05, 0.1) is 11.5 Å². The monoisotopic (exact) mass is 392 g/mol. The van der Waals surface area contributed by atoms with Crippen LogP contribution >= 0.6 is 0 Å². The molecule has 2 aliphatic heterocycles. The molecular formula is C23H24N2O4. The maximum Gasteiger partial charge on any atom is 0.309 e. The van der Waals surface area contributed by atoms with Crippen molar-refractivity contribution in [3.8, 4) is 11.1 Å². The topological polar surface area (TPSA) is 86.7 Å². The summed E-state index contributed by atoms with van der Waals surface area (Å²) in [4.78, 5) is 38.5. The van der Waals surface area contributed by atoms with Gasteiger partial charge in [-0.15, -0.1) is 0 Å². The number of benzene rings is 2. The zero-order valence-electron chi connectivity index (χ0n) is 16.4. The summed E-state index contributed by atoms with van der Waals surface area (Å²) in [5, 5.41) is 12.4. The maximum atomic E-state index is 13.3. The fourth-order valence-corrected chi connectivity index (χ4v) is 4.65. The number of carbonyl (C=O) groups excluding carboxylic acids is 2. The van der Waals surface area contributed by atoms with E-state index in [1.54, 1.807) is 4.90 Å². The summed E-state index contributed by atoms with van der Waals surface area (Å²) in [5.41, 5.74) is 2.92. The van der Waals surface area contributed by atoms with Gasteiger partial charge in [0.1, 0.15) is 0 Å². The fraction of sp³-hybridized carbons (Fsp3) is 0.348. The van der Waals surface area contributed by atoms with Crippen molar-refractivity contribution in [1.29, 1.82) is 0 Å². The van der Waals surface area contributed by atoms with Gasteiger partial charge in [-0.25, -0.2) is 0 Å². The van der Waals surface area contributed by atoms with Crippen molar-refractivity contribution in [3.05, 3.63) is 59.7 Å². The van der Waals surface area contributed by atoms with Crippen molar-refractivity contribution in [1.82, 2.24) is 10.2 Å². The average Bonchev–Trinajstić information content (AvgIpc) is 3.04. The van der Waals surface area contributed by atoms with Gasteiger partial charge < -0.3 is 15.3 Å². The highest BCUT2D eigenvalue weighted by Crippen LogP contribution is 2.37. The molecule has 0 aliphatic carbocycles. The van der Waals surface area contributed by atoms with E-state index in [0.717, 1.165) is 16.7 Å². The van der Waals surface area contributed by atoms with Crippen molar-refractivity contribution in [3.63, 3.8) is 0 Å². The fourth-order valence-electron chi connectivity index (χ4n) is 4.65. The number of carbonyl (C=O) groups is 3. The number of rotatable bonds is 3.